The molecule has 0 spiro atoms. The zero-order valence-corrected chi connectivity index (χ0v) is 8.37. The van der Waals surface area contributed by atoms with E-state index < -0.39 is 0 Å². The molecule has 0 amide bonds. The van der Waals surface area contributed by atoms with E-state index in [4.69, 9.17) is 0 Å². The molecule has 0 unspecified atom stereocenters. The summed E-state index contributed by atoms with van der Waals surface area (Å²) in [6.07, 6.45) is 3.66. The van der Waals surface area contributed by atoms with E-state index in [0.29, 0.717) is 0 Å². The zero-order chi connectivity index (χ0) is 9.19. The third kappa shape index (κ3) is 1.72. The fourth-order valence-electron chi connectivity index (χ4n) is 1.01. The molecule has 0 aliphatic rings. The fraction of sp³-hybridized carbons (Fsp3) is 0.444. The molecule has 1 N–H and O–H groups in total. The van der Waals surface area contributed by atoms with Crippen molar-refractivity contribution in [2.24, 2.45) is 0 Å². The van der Waals surface area contributed by atoms with Gasteiger partial charge in [-0.2, -0.15) is 11.8 Å². The predicted molar refractivity (Wildman–Crippen MR) is 53.6 cm³/mol. The molecule has 2 nitrogen and oxygen atoms in total. The maximum atomic E-state index is 11.4. The second-order valence-electron chi connectivity index (χ2n) is 3.13. The Hall–Kier alpha value is -0.700. The highest BCUT2D eigenvalue weighted by Crippen LogP contribution is 2.30. The number of hydrogen-bond acceptors (Lipinski definition) is 2. The van der Waals surface area contributed by atoms with Crippen molar-refractivity contribution in [1.29, 1.82) is 0 Å². The number of thioether (sulfide) groups is 1. The summed E-state index contributed by atoms with van der Waals surface area (Å²) in [5.74, 6) is 0. The lowest BCUT2D eigenvalue weighted by molar-refractivity contribution is 0.768. The van der Waals surface area contributed by atoms with Gasteiger partial charge in [0.2, 0.25) is 0 Å². The molecule has 1 aromatic rings. The standard InChI is InChI=1S/C9H13NOS/c1-9(2,12-3)7-5-4-6-10-8(7)11/h4-6H,1-3H3,(H,10,11). The Morgan fingerprint density at radius 3 is 2.67 bits per heavy atom. The molecule has 12 heavy (non-hydrogen) atoms. The monoisotopic (exact) mass is 183 g/mol. The number of hydrogen-bond donors (Lipinski definition) is 1. The number of aromatic nitrogens is 1. The molecular weight excluding hydrogens is 170 g/mol. The van der Waals surface area contributed by atoms with E-state index in [1.165, 1.54) is 0 Å². The van der Waals surface area contributed by atoms with Crippen molar-refractivity contribution in [3.63, 3.8) is 0 Å². The first kappa shape index (κ1) is 9.39. The van der Waals surface area contributed by atoms with Crippen LogP contribution in [0.5, 0.6) is 0 Å². The van der Waals surface area contributed by atoms with Gasteiger partial charge in [0.05, 0.1) is 0 Å². The minimum Gasteiger partial charge on any atom is -0.329 e. The van der Waals surface area contributed by atoms with Crippen molar-refractivity contribution < 1.29 is 0 Å². The molecule has 0 fully saturated rings. The van der Waals surface area contributed by atoms with Crippen LogP contribution in [0.15, 0.2) is 23.1 Å². The summed E-state index contributed by atoms with van der Waals surface area (Å²) in [7, 11) is 0. The van der Waals surface area contributed by atoms with E-state index in [1.54, 1.807) is 18.0 Å². The molecule has 0 saturated heterocycles. The van der Waals surface area contributed by atoms with E-state index in [0.717, 1.165) is 5.56 Å². The third-order valence-electron chi connectivity index (χ3n) is 1.98. The van der Waals surface area contributed by atoms with E-state index in [-0.39, 0.29) is 10.3 Å². The summed E-state index contributed by atoms with van der Waals surface area (Å²) in [4.78, 5) is 14.0. The van der Waals surface area contributed by atoms with Crippen molar-refractivity contribution >= 4 is 11.8 Å². The van der Waals surface area contributed by atoms with Crippen molar-refractivity contribution in [2.75, 3.05) is 6.26 Å². The highest BCUT2D eigenvalue weighted by Gasteiger charge is 2.21. The van der Waals surface area contributed by atoms with Gasteiger partial charge in [-0.1, -0.05) is 6.07 Å². The first-order valence-corrected chi connectivity index (χ1v) is 5.04. The van der Waals surface area contributed by atoms with E-state index in [1.807, 2.05) is 32.2 Å². The van der Waals surface area contributed by atoms with Crippen LogP contribution >= 0.6 is 11.8 Å². The van der Waals surface area contributed by atoms with Crippen LogP contribution in [-0.2, 0) is 4.75 Å². The van der Waals surface area contributed by atoms with Crippen LogP contribution in [0.1, 0.15) is 19.4 Å². The highest BCUT2D eigenvalue weighted by atomic mass is 32.2. The molecule has 0 saturated carbocycles. The average Bonchev–Trinajstić information content (AvgIpc) is 2.05. The van der Waals surface area contributed by atoms with Crippen LogP contribution in [-0.4, -0.2) is 11.2 Å². The van der Waals surface area contributed by atoms with Crippen LogP contribution in [0.25, 0.3) is 0 Å². The highest BCUT2D eigenvalue weighted by molar-refractivity contribution is 7.99. The first-order valence-electron chi connectivity index (χ1n) is 3.81. The van der Waals surface area contributed by atoms with E-state index in [2.05, 4.69) is 4.98 Å². The largest absolute Gasteiger partial charge is 0.329 e. The number of H-pyrrole nitrogens is 1. The molecule has 1 aromatic heterocycles. The van der Waals surface area contributed by atoms with Gasteiger partial charge in [0.15, 0.2) is 0 Å². The van der Waals surface area contributed by atoms with Gasteiger partial charge in [-0.15, -0.1) is 0 Å². The molecule has 1 rings (SSSR count). The Labute approximate surface area is 76.4 Å². The van der Waals surface area contributed by atoms with Crippen LogP contribution in [0.4, 0.5) is 0 Å². The molecule has 0 radical (unpaired) electrons. The third-order valence-corrected chi connectivity index (χ3v) is 3.22. The van der Waals surface area contributed by atoms with Crippen molar-refractivity contribution in [3.05, 3.63) is 34.2 Å². The summed E-state index contributed by atoms with van der Waals surface area (Å²) in [6, 6.07) is 3.73. The lowest BCUT2D eigenvalue weighted by atomic mass is 10.0. The maximum Gasteiger partial charge on any atom is 0.252 e. The van der Waals surface area contributed by atoms with Gasteiger partial charge in [0, 0.05) is 16.5 Å². The molecule has 0 atom stereocenters. The molecule has 0 aliphatic heterocycles. The lowest BCUT2D eigenvalue weighted by Gasteiger charge is -2.20. The van der Waals surface area contributed by atoms with Crippen molar-refractivity contribution in [3.8, 4) is 0 Å². The maximum absolute atomic E-state index is 11.4. The van der Waals surface area contributed by atoms with Crippen LogP contribution < -0.4 is 5.56 Å². The van der Waals surface area contributed by atoms with Crippen molar-refractivity contribution in [1.82, 2.24) is 4.98 Å². The number of rotatable bonds is 2. The SMILES string of the molecule is CSC(C)(C)c1ccc[nH]c1=O. The van der Waals surface area contributed by atoms with Crippen LogP contribution in [0.2, 0.25) is 0 Å². The Kier molecular flexibility index (Phi) is 2.62. The smallest absolute Gasteiger partial charge is 0.252 e. The minimum absolute atomic E-state index is 0.0110. The first-order chi connectivity index (χ1) is 5.58. The summed E-state index contributed by atoms with van der Waals surface area (Å²) < 4.78 is -0.102. The van der Waals surface area contributed by atoms with Gasteiger partial charge in [0.1, 0.15) is 0 Å². The summed E-state index contributed by atoms with van der Waals surface area (Å²) in [5.41, 5.74) is 0.842. The summed E-state index contributed by atoms with van der Waals surface area (Å²) in [5, 5.41) is 0. The zero-order valence-electron chi connectivity index (χ0n) is 7.55. The molecule has 66 valence electrons. The predicted octanol–water partition coefficient (Wildman–Crippen LogP) is 1.97. The topological polar surface area (TPSA) is 32.9 Å². The van der Waals surface area contributed by atoms with Gasteiger partial charge in [-0.25, -0.2) is 0 Å². The Balaban J connectivity index is 3.20. The molecule has 0 aliphatic carbocycles. The quantitative estimate of drug-likeness (QED) is 0.760. The van der Waals surface area contributed by atoms with Gasteiger partial charge < -0.3 is 4.98 Å². The Morgan fingerprint density at radius 2 is 2.17 bits per heavy atom. The summed E-state index contributed by atoms with van der Waals surface area (Å²) in [6.45, 7) is 4.09. The van der Waals surface area contributed by atoms with Gasteiger partial charge in [-0.3, -0.25) is 4.79 Å². The van der Waals surface area contributed by atoms with Gasteiger partial charge in [0.25, 0.3) is 5.56 Å². The fourth-order valence-corrected chi connectivity index (χ4v) is 1.39. The molecule has 3 heteroatoms. The summed E-state index contributed by atoms with van der Waals surface area (Å²) >= 11 is 1.67. The van der Waals surface area contributed by atoms with Gasteiger partial charge >= 0.3 is 0 Å². The Bertz CT molecular complexity index is 316. The molecule has 1 heterocycles. The second-order valence-corrected chi connectivity index (χ2v) is 4.56. The molecule has 0 bridgehead atoms. The van der Waals surface area contributed by atoms with Crippen LogP contribution in [0.3, 0.4) is 0 Å². The normalized spacial score (nSPS) is 11.6. The molecule has 0 aromatic carbocycles. The van der Waals surface area contributed by atoms with Crippen molar-refractivity contribution in [2.45, 2.75) is 18.6 Å². The average molecular weight is 183 g/mol. The van der Waals surface area contributed by atoms with E-state index >= 15 is 0 Å². The number of nitrogens with one attached hydrogen (secondary N) is 1. The lowest BCUT2D eigenvalue weighted by Crippen LogP contribution is -2.23. The van der Waals surface area contributed by atoms with E-state index in [9.17, 15) is 4.79 Å². The Morgan fingerprint density at radius 1 is 1.50 bits per heavy atom. The van der Waals surface area contributed by atoms with Crippen LogP contribution in [0, 0.1) is 0 Å². The van der Waals surface area contributed by atoms with Gasteiger partial charge in [-0.05, 0) is 26.2 Å². The molecular formula is C9H13NOS. The number of aromatic amines is 1. The number of pyridine rings is 1. The second kappa shape index (κ2) is 3.35. The minimum atomic E-state index is -0.102.